The van der Waals surface area contributed by atoms with Gasteiger partial charge in [0.05, 0.1) is 32.0 Å². The van der Waals surface area contributed by atoms with Crippen LogP contribution in [0.2, 0.25) is 0 Å². The Morgan fingerprint density at radius 1 is 0.544 bits per heavy atom. The highest BCUT2D eigenvalue weighted by Gasteiger charge is 2.51. The number of rotatable bonds is 41. The van der Waals surface area contributed by atoms with Gasteiger partial charge in [0.15, 0.2) is 12.6 Å². The minimum absolute atomic E-state index is 0.213. The lowest BCUT2D eigenvalue weighted by atomic mass is 9.97. The van der Waals surface area contributed by atoms with Gasteiger partial charge in [0.2, 0.25) is 5.91 Å². The summed E-state index contributed by atoms with van der Waals surface area (Å²) in [5, 5.41) is 86.6. The summed E-state index contributed by atoms with van der Waals surface area (Å²) < 4.78 is 22.7. The fourth-order valence-electron chi connectivity index (χ4n) is 8.70. The molecule has 14 heteroatoms. The third-order valence-electron chi connectivity index (χ3n) is 13.1. The van der Waals surface area contributed by atoms with E-state index in [4.69, 9.17) is 18.9 Å². The summed E-state index contributed by atoms with van der Waals surface area (Å²) in [7, 11) is 0. The molecule has 2 rings (SSSR count). The summed E-state index contributed by atoms with van der Waals surface area (Å²) in [6.45, 7) is 2.68. The van der Waals surface area contributed by atoms with Crippen molar-refractivity contribution in [3.8, 4) is 0 Å². The Bertz CT molecular complexity index is 1330. The molecule has 0 spiro atoms. The van der Waals surface area contributed by atoms with Crippen LogP contribution in [0.25, 0.3) is 0 Å². The molecule has 0 aromatic rings. The van der Waals surface area contributed by atoms with E-state index in [-0.39, 0.29) is 12.5 Å². The normalized spacial score (nSPS) is 26.7. The first-order valence-electron chi connectivity index (χ1n) is 26.9. The van der Waals surface area contributed by atoms with E-state index < -0.39 is 86.8 Å². The number of ether oxygens (including phenoxy) is 4. The number of hydrogen-bond acceptors (Lipinski definition) is 13. The number of allylic oxidation sites excluding steroid dienone is 8. The summed E-state index contributed by atoms with van der Waals surface area (Å²) in [5.41, 5.74) is 0. The molecule has 0 bridgehead atoms. The molecule has 12 unspecified atom stereocenters. The Morgan fingerprint density at radius 2 is 1.01 bits per heavy atom. The molecule has 2 saturated heterocycles. The largest absolute Gasteiger partial charge is 0.394 e. The van der Waals surface area contributed by atoms with Crippen LogP contribution in [0, 0.1) is 0 Å². The van der Waals surface area contributed by atoms with Gasteiger partial charge in [0.1, 0.15) is 48.8 Å². The number of aliphatic hydroxyl groups is 8. The molecule has 2 aliphatic rings. The van der Waals surface area contributed by atoms with Crippen molar-refractivity contribution in [1.82, 2.24) is 5.32 Å². The van der Waals surface area contributed by atoms with Crippen LogP contribution in [0.3, 0.4) is 0 Å². The van der Waals surface area contributed by atoms with E-state index in [1.54, 1.807) is 0 Å². The molecule has 0 saturated carbocycles. The van der Waals surface area contributed by atoms with E-state index in [1.165, 1.54) is 83.5 Å². The van der Waals surface area contributed by atoms with Gasteiger partial charge < -0.3 is 65.1 Å². The lowest BCUT2D eigenvalue weighted by Gasteiger charge is -2.46. The van der Waals surface area contributed by atoms with Gasteiger partial charge in [0.25, 0.3) is 0 Å². The second-order valence-electron chi connectivity index (χ2n) is 19.0. The van der Waals surface area contributed by atoms with Gasteiger partial charge in [-0.2, -0.15) is 0 Å². The second kappa shape index (κ2) is 40.5. The van der Waals surface area contributed by atoms with E-state index in [1.807, 2.05) is 0 Å². The topological polar surface area (TPSA) is 228 Å². The zero-order valence-electron chi connectivity index (χ0n) is 42.1. The maximum atomic E-state index is 13.2. The van der Waals surface area contributed by atoms with Gasteiger partial charge in [-0.25, -0.2) is 0 Å². The monoisotopic (exact) mass is 968 g/mol. The lowest BCUT2D eigenvalue weighted by molar-refractivity contribution is -0.359. The Balaban J connectivity index is 1.65. The molecule has 0 aromatic heterocycles. The van der Waals surface area contributed by atoms with E-state index in [9.17, 15) is 45.6 Å². The van der Waals surface area contributed by atoms with Crippen LogP contribution in [0.4, 0.5) is 0 Å². The van der Waals surface area contributed by atoms with Crippen LogP contribution in [0.1, 0.15) is 194 Å². The Labute approximate surface area is 410 Å². The van der Waals surface area contributed by atoms with E-state index >= 15 is 0 Å². The molecule has 1 amide bonds. The van der Waals surface area contributed by atoms with Crippen LogP contribution in [0.15, 0.2) is 48.6 Å². The molecule has 0 aliphatic carbocycles. The Morgan fingerprint density at radius 3 is 1.56 bits per heavy atom. The molecule has 12 atom stereocenters. The van der Waals surface area contributed by atoms with Crippen molar-refractivity contribution in [3.05, 3.63) is 48.6 Å². The van der Waals surface area contributed by atoms with Crippen molar-refractivity contribution in [3.63, 3.8) is 0 Å². The molecule has 0 radical (unpaired) electrons. The summed E-state index contributed by atoms with van der Waals surface area (Å²) in [6, 6.07) is -0.826. The van der Waals surface area contributed by atoms with E-state index in [2.05, 4.69) is 67.8 Å². The number of hydrogen-bond donors (Lipinski definition) is 9. The summed E-state index contributed by atoms with van der Waals surface area (Å²) >= 11 is 0. The van der Waals surface area contributed by atoms with Gasteiger partial charge in [-0.1, -0.05) is 184 Å². The molecule has 9 N–H and O–H groups in total. The number of unbranched alkanes of at least 4 members (excludes halogenated alkanes) is 20. The molecule has 2 fully saturated rings. The Hall–Kier alpha value is -2.05. The van der Waals surface area contributed by atoms with Crippen LogP contribution in [-0.2, 0) is 23.7 Å². The van der Waals surface area contributed by atoms with Gasteiger partial charge >= 0.3 is 0 Å². The predicted octanol–water partition coefficient (Wildman–Crippen LogP) is 7.66. The van der Waals surface area contributed by atoms with Crippen LogP contribution >= 0.6 is 0 Å². The van der Waals surface area contributed by atoms with Gasteiger partial charge in [-0.05, 0) is 51.4 Å². The highest BCUT2D eigenvalue weighted by atomic mass is 16.7. The number of aliphatic hydroxyl groups excluding tert-OH is 8. The second-order valence-corrected chi connectivity index (χ2v) is 19.0. The number of nitrogens with one attached hydrogen (secondary N) is 1. The lowest BCUT2D eigenvalue weighted by Crippen LogP contribution is -2.65. The highest BCUT2D eigenvalue weighted by Crippen LogP contribution is 2.30. The average Bonchev–Trinajstić information content (AvgIpc) is 3.34. The maximum absolute atomic E-state index is 13.2. The number of amides is 1. The first-order chi connectivity index (χ1) is 33.1. The van der Waals surface area contributed by atoms with Crippen molar-refractivity contribution in [1.29, 1.82) is 0 Å². The minimum Gasteiger partial charge on any atom is -0.394 e. The minimum atomic E-state index is -1.78. The van der Waals surface area contributed by atoms with Crippen LogP contribution in [0.5, 0.6) is 0 Å². The third kappa shape index (κ3) is 27.0. The van der Waals surface area contributed by atoms with Crippen molar-refractivity contribution in [2.45, 2.75) is 267 Å². The molecule has 68 heavy (non-hydrogen) atoms. The smallest absolute Gasteiger partial charge is 0.220 e. The summed E-state index contributed by atoms with van der Waals surface area (Å²) in [4.78, 5) is 13.2. The molecule has 0 aromatic carbocycles. The zero-order chi connectivity index (χ0) is 49.6. The van der Waals surface area contributed by atoms with Gasteiger partial charge in [-0.3, -0.25) is 4.79 Å². The molecule has 14 nitrogen and oxygen atoms in total. The third-order valence-corrected chi connectivity index (χ3v) is 13.1. The molecular weight excluding hydrogens is 871 g/mol. The van der Waals surface area contributed by atoms with Gasteiger partial charge in [0, 0.05) is 6.42 Å². The maximum Gasteiger partial charge on any atom is 0.220 e. The van der Waals surface area contributed by atoms with Crippen molar-refractivity contribution < 1.29 is 64.6 Å². The Kier molecular flexibility index (Phi) is 37.0. The van der Waals surface area contributed by atoms with Crippen molar-refractivity contribution in [2.75, 3.05) is 19.8 Å². The zero-order valence-corrected chi connectivity index (χ0v) is 42.1. The van der Waals surface area contributed by atoms with E-state index in [0.29, 0.717) is 12.8 Å². The predicted molar refractivity (Wildman–Crippen MR) is 267 cm³/mol. The quantitative estimate of drug-likeness (QED) is 0.0212. The first kappa shape index (κ1) is 62.1. The summed E-state index contributed by atoms with van der Waals surface area (Å²) in [5.74, 6) is -0.213. The number of carbonyl (C=O) groups is 1. The van der Waals surface area contributed by atoms with E-state index in [0.717, 1.165) is 83.5 Å². The van der Waals surface area contributed by atoms with Crippen LogP contribution < -0.4 is 5.32 Å². The summed E-state index contributed by atoms with van der Waals surface area (Å²) in [6.07, 6.45) is 31.6. The first-order valence-corrected chi connectivity index (χ1v) is 26.9. The van der Waals surface area contributed by atoms with Crippen molar-refractivity contribution >= 4 is 5.91 Å². The highest BCUT2D eigenvalue weighted by molar-refractivity contribution is 5.76. The fourth-order valence-corrected chi connectivity index (χ4v) is 8.70. The van der Waals surface area contributed by atoms with Gasteiger partial charge in [-0.15, -0.1) is 0 Å². The average molecular weight is 968 g/mol. The molecular formula is C54H97NO13. The van der Waals surface area contributed by atoms with Crippen molar-refractivity contribution in [2.24, 2.45) is 0 Å². The molecule has 396 valence electrons. The van der Waals surface area contributed by atoms with Crippen LogP contribution in [-0.4, -0.2) is 140 Å². The number of carbonyl (C=O) groups excluding carboxylic acids is 1. The standard InChI is InChI=1S/C54H97NO13/c1-3-5-7-9-11-12-13-14-15-16-17-18-19-20-21-22-23-24-25-26-27-28-29-30-32-34-36-38-46(59)55-42(43(58)37-35-33-31-10-8-6-4-2)41-65-53-51(64)49(62)52(45(40-57)67-53)68-54-50(63)48(61)47(60)44(39-56)66-54/h5,7,11-12,14-15,17-18,42-45,47-54,56-58,60-64H,3-4,6,8-10,13,16,19-41H2,1-2H3,(H,55,59)/b7-5-,12-11-,15-14-,18-17-. The molecule has 2 aliphatic heterocycles. The molecule has 2 heterocycles. The SMILES string of the molecule is CC/C=C\C/C=C\C/C=C\C/C=C\CCCCCCCCCCCCCCCCC(=O)NC(COC1OC(CO)C(OC2OC(CO)C(O)C(O)C2O)C(O)C1O)C(O)CCCCCCCCC. The fraction of sp³-hybridized carbons (Fsp3) is 0.833.